The van der Waals surface area contributed by atoms with Crippen LogP contribution in [-0.4, -0.2) is 0 Å². The van der Waals surface area contributed by atoms with E-state index in [9.17, 15) is 0 Å². The van der Waals surface area contributed by atoms with Crippen LogP contribution in [0.25, 0.3) is 5.57 Å². The zero-order chi connectivity index (χ0) is 12.4. The maximum Gasteiger partial charge on any atom is 0.143 e. The van der Waals surface area contributed by atoms with E-state index in [0.717, 1.165) is 12.2 Å². The van der Waals surface area contributed by atoms with Crippen molar-refractivity contribution >= 4 is 5.57 Å². The minimum Gasteiger partial charge on any atom is -0.481 e. The summed E-state index contributed by atoms with van der Waals surface area (Å²) in [5, 5.41) is 0. The monoisotopic (exact) mass is 236 g/mol. The molecule has 0 saturated carbocycles. The van der Waals surface area contributed by atoms with Gasteiger partial charge >= 0.3 is 0 Å². The molecule has 1 atom stereocenters. The van der Waals surface area contributed by atoms with Crippen LogP contribution in [0.2, 0.25) is 0 Å². The summed E-state index contributed by atoms with van der Waals surface area (Å²) in [7, 11) is 0. The van der Waals surface area contributed by atoms with Gasteiger partial charge in [-0.3, -0.25) is 0 Å². The molecule has 90 valence electrons. The zero-order valence-corrected chi connectivity index (χ0v) is 10.5. The van der Waals surface area contributed by atoms with Crippen molar-refractivity contribution in [3.63, 3.8) is 0 Å². The Labute approximate surface area is 108 Å². The first kappa shape index (κ1) is 11.1. The lowest BCUT2D eigenvalue weighted by Crippen LogP contribution is -2.11. The van der Waals surface area contributed by atoms with E-state index < -0.39 is 0 Å². The van der Waals surface area contributed by atoms with Crippen LogP contribution in [0.1, 0.15) is 30.6 Å². The van der Waals surface area contributed by atoms with Crippen molar-refractivity contribution in [2.24, 2.45) is 0 Å². The Morgan fingerprint density at radius 1 is 0.944 bits per heavy atom. The van der Waals surface area contributed by atoms with Gasteiger partial charge in [0.2, 0.25) is 0 Å². The lowest BCUT2D eigenvalue weighted by Gasteiger charge is -2.25. The van der Waals surface area contributed by atoms with Crippen LogP contribution in [0.4, 0.5) is 0 Å². The highest BCUT2D eigenvalue weighted by Gasteiger charge is 2.20. The summed E-state index contributed by atoms with van der Waals surface area (Å²) >= 11 is 0. The second-order valence-electron chi connectivity index (χ2n) is 4.49. The maximum atomic E-state index is 6.07. The Hall–Kier alpha value is -2.02. The number of allylic oxidation sites excluding steroid dienone is 1. The molecule has 1 aliphatic heterocycles. The molecule has 1 heterocycles. The predicted molar refractivity (Wildman–Crippen MR) is 74.5 cm³/mol. The molecule has 0 unspecified atom stereocenters. The van der Waals surface area contributed by atoms with Gasteiger partial charge < -0.3 is 4.74 Å². The van der Waals surface area contributed by atoms with Gasteiger partial charge in [-0.25, -0.2) is 0 Å². The number of ether oxygens (including phenoxy) is 1. The molecule has 0 amide bonds. The fourth-order valence-electron chi connectivity index (χ4n) is 2.39. The number of hydrogen-bond acceptors (Lipinski definition) is 1. The first-order chi connectivity index (χ1) is 8.88. The number of rotatable bonds is 2. The topological polar surface area (TPSA) is 9.23 Å². The normalized spacial score (nSPS) is 17.6. The Bertz CT molecular complexity index is 569. The summed E-state index contributed by atoms with van der Waals surface area (Å²) in [5.41, 5.74) is 3.80. The molecule has 0 N–H and O–H groups in total. The highest BCUT2D eigenvalue weighted by Crippen LogP contribution is 2.38. The third-order valence-electron chi connectivity index (χ3n) is 3.35. The van der Waals surface area contributed by atoms with E-state index in [4.69, 9.17) is 4.74 Å². The van der Waals surface area contributed by atoms with Crippen LogP contribution < -0.4 is 4.74 Å². The molecular formula is C17H16O. The number of fused-ring (bicyclic) bond motifs is 1. The molecule has 1 nitrogen and oxygen atoms in total. The predicted octanol–water partition coefficient (Wildman–Crippen LogP) is 4.61. The van der Waals surface area contributed by atoms with Crippen LogP contribution in [0, 0.1) is 0 Å². The second-order valence-corrected chi connectivity index (χ2v) is 4.49. The highest BCUT2D eigenvalue weighted by atomic mass is 16.5. The van der Waals surface area contributed by atoms with Crippen molar-refractivity contribution in [2.45, 2.75) is 19.4 Å². The average molecular weight is 236 g/mol. The number of hydrogen-bond donors (Lipinski definition) is 0. The molecule has 2 aromatic carbocycles. The van der Waals surface area contributed by atoms with E-state index in [1.807, 2.05) is 18.2 Å². The van der Waals surface area contributed by atoms with E-state index in [1.165, 1.54) is 16.7 Å². The van der Waals surface area contributed by atoms with Crippen molar-refractivity contribution in [3.05, 3.63) is 71.8 Å². The van der Waals surface area contributed by atoms with Crippen molar-refractivity contribution in [1.29, 1.82) is 0 Å². The molecular weight excluding hydrogens is 220 g/mol. The van der Waals surface area contributed by atoms with Crippen molar-refractivity contribution < 1.29 is 4.74 Å². The highest BCUT2D eigenvalue weighted by molar-refractivity contribution is 5.72. The summed E-state index contributed by atoms with van der Waals surface area (Å²) in [6.07, 6.45) is 3.30. The summed E-state index contributed by atoms with van der Waals surface area (Å²) in [6, 6.07) is 18.6. The first-order valence-corrected chi connectivity index (χ1v) is 6.40. The SMILES string of the molecule is CCC1=C[C@H](c2ccccc2)Oc2ccccc21. The Kier molecular flexibility index (Phi) is 2.89. The minimum absolute atomic E-state index is 0.0380. The molecule has 0 aliphatic carbocycles. The minimum atomic E-state index is 0.0380. The van der Waals surface area contributed by atoms with E-state index in [2.05, 4.69) is 49.4 Å². The van der Waals surface area contributed by atoms with Crippen molar-refractivity contribution in [2.75, 3.05) is 0 Å². The quantitative estimate of drug-likeness (QED) is 0.739. The van der Waals surface area contributed by atoms with Gasteiger partial charge in [-0.15, -0.1) is 0 Å². The zero-order valence-electron chi connectivity index (χ0n) is 10.5. The largest absolute Gasteiger partial charge is 0.481 e. The van der Waals surface area contributed by atoms with Gasteiger partial charge in [0.25, 0.3) is 0 Å². The molecule has 1 heteroatoms. The average Bonchev–Trinajstić information content (AvgIpc) is 2.47. The van der Waals surface area contributed by atoms with Crippen LogP contribution in [0.3, 0.4) is 0 Å². The Morgan fingerprint density at radius 2 is 1.67 bits per heavy atom. The summed E-state index contributed by atoms with van der Waals surface area (Å²) in [6.45, 7) is 2.19. The van der Waals surface area contributed by atoms with Gasteiger partial charge in [0, 0.05) is 5.56 Å². The smallest absolute Gasteiger partial charge is 0.143 e. The summed E-state index contributed by atoms with van der Waals surface area (Å²) in [5.74, 6) is 0.991. The Balaban J connectivity index is 2.03. The van der Waals surface area contributed by atoms with Gasteiger partial charge in [-0.05, 0) is 29.7 Å². The van der Waals surface area contributed by atoms with Gasteiger partial charge in [0.15, 0.2) is 0 Å². The molecule has 0 aromatic heterocycles. The van der Waals surface area contributed by atoms with Gasteiger partial charge in [-0.1, -0.05) is 55.5 Å². The van der Waals surface area contributed by atoms with Gasteiger partial charge in [-0.2, -0.15) is 0 Å². The van der Waals surface area contributed by atoms with Crippen LogP contribution in [0.5, 0.6) is 5.75 Å². The number of benzene rings is 2. The van der Waals surface area contributed by atoms with Crippen LogP contribution in [0.15, 0.2) is 60.7 Å². The summed E-state index contributed by atoms with van der Waals surface area (Å²) < 4.78 is 6.07. The first-order valence-electron chi connectivity index (χ1n) is 6.40. The Morgan fingerprint density at radius 3 is 2.44 bits per heavy atom. The molecule has 18 heavy (non-hydrogen) atoms. The van der Waals surface area contributed by atoms with Gasteiger partial charge in [0.1, 0.15) is 11.9 Å². The molecule has 0 spiro atoms. The lowest BCUT2D eigenvalue weighted by molar-refractivity contribution is 0.250. The van der Waals surface area contributed by atoms with Crippen LogP contribution in [-0.2, 0) is 0 Å². The second kappa shape index (κ2) is 4.69. The summed E-state index contributed by atoms with van der Waals surface area (Å²) in [4.78, 5) is 0. The van der Waals surface area contributed by atoms with Crippen molar-refractivity contribution in [3.8, 4) is 5.75 Å². The maximum absolute atomic E-state index is 6.07. The number of para-hydroxylation sites is 1. The third-order valence-corrected chi connectivity index (χ3v) is 3.35. The standard InChI is InChI=1S/C17H16O/c1-2-13-12-17(14-8-4-3-5-9-14)18-16-11-7-6-10-15(13)16/h3-12,17H,2H2,1H3/t17-/m1/s1. The van der Waals surface area contributed by atoms with E-state index in [0.29, 0.717) is 0 Å². The fraction of sp³-hybridized carbons (Fsp3) is 0.176. The molecule has 3 rings (SSSR count). The van der Waals surface area contributed by atoms with E-state index in [-0.39, 0.29) is 6.10 Å². The van der Waals surface area contributed by atoms with E-state index in [1.54, 1.807) is 0 Å². The molecule has 0 bridgehead atoms. The fourth-order valence-corrected chi connectivity index (χ4v) is 2.39. The van der Waals surface area contributed by atoms with E-state index >= 15 is 0 Å². The molecule has 2 aromatic rings. The molecule has 0 saturated heterocycles. The molecule has 1 aliphatic rings. The molecule has 0 radical (unpaired) electrons. The third kappa shape index (κ3) is 1.92. The van der Waals surface area contributed by atoms with Gasteiger partial charge in [0.05, 0.1) is 0 Å². The van der Waals surface area contributed by atoms with Crippen molar-refractivity contribution in [1.82, 2.24) is 0 Å². The molecule has 0 fully saturated rings. The van der Waals surface area contributed by atoms with Crippen LogP contribution >= 0.6 is 0 Å². The lowest BCUT2D eigenvalue weighted by atomic mass is 9.95.